The predicted octanol–water partition coefficient (Wildman–Crippen LogP) is 3.22. The molecule has 0 rings (SSSR count). The van der Waals surface area contributed by atoms with Crippen molar-refractivity contribution in [1.29, 1.82) is 0 Å². The van der Waals surface area contributed by atoms with Crippen LogP contribution in [0.25, 0.3) is 0 Å². The van der Waals surface area contributed by atoms with Crippen molar-refractivity contribution < 1.29 is 4.21 Å². The number of rotatable bonds is 11. The smallest absolute Gasteiger partial charge is 0.0383 e. The van der Waals surface area contributed by atoms with Gasteiger partial charge in [-0.3, -0.25) is 4.21 Å². The summed E-state index contributed by atoms with van der Waals surface area (Å²) >= 11 is 0. The fourth-order valence-electron chi connectivity index (χ4n) is 1.77. The van der Waals surface area contributed by atoms with Gasteiger partial charge in [-0.15, -0.1) is 0 Å². The SMILES string of the molecule is CCCCCCCCCCS(=O)CC(C)N. The molecule has 0 spiro atoms. The first-order valence-corrected chi connectivity index (χ1v) is 8.26. The highest BCUT2D eigenvalue weighted by molar-refractivity contribution is 7.85. The van der Waals surface area contributed by atoms with Crippen molar-refractivity contribution in [2.45, 2.75) is 71.3 Å². The van der Waals surface area contributed by atoms with Crippen LogP contribution in [0.3, 0.4) is 0 Å². The molecule has 0 aromatic heterocycles. The summed E-state index contributed by atoms with van der Waals surface area (Å²) in [5.74, 6) is 1.51. The lowest BCUT2D eigenvalue weighted by atomic mass is 10.1. The first-order chi connectivity index (χ1) is 7.66. The maximum absolute atomic E-state index is 11.5. The highest BCUT2D eigenvalue weighted by Gasteiger charge is 2.02. The molecule has 0 radical (unpaired) electrons. The predicted molar refractivity (Wildman–Crippen MR) is 74.1 cm³/mol. The molecule has 16 heavy (non-hydrogen) atoms. The summed E-state index contributed by atoms with van der Waals surface area (Å²) in [5.41, 5.74) is 5.60. The standard InChI is InChI=1S/C13H29NOS/c1-3-4-5-6-7-8-9-10-11-16(15)12-13(2)14/h13H,3-12,14H2,1-2H3. The summed E-state index contributed by atoms with van der Waals surface area (Å²) in [7, 11) is -0.685. The zero-order valence-electron chi connectivity index (χ0n) is 11.0. The highest BCUT2D eigenvalue weighted by Crippen LogP contribution is 2.08. The minimum Gasteiger partial charge on any atom is -0.327 e. The van der Waals surface area contributed by atoms with Crippen molar-refractivity contribution in [3.8, 4) is 0 Å². The number of hydrogen-bond acceptors (Lipinski definition) is 2. The van der Waals surface area contributed by atoms with Gasteiger partial charge < -0.3 is 5.73 Å². The van der Waals surface area contributed by atoms with Crippen LogP contribution in [-0.4, -0.2) is 21.8 Å². The Morgan fingerprint density at radius 3 is 2.00 bits per heavy atom. The zero-order chi connectivity index (χ0) is 12.2. The van der Waals surface area contributed by atoms with E-state index in [1.165, 1.54) is 44.9 Å². The fourth-order valence-corrected chi connectivity index (χ4v) is 3.05. The van der Waals surface area contributed by atoms with Crippen LogP contribution in [-0.2, 0) is 10.8 Å². The van der Waals surface area contributed by atoms with Crippen molar-refractivity contribution in [3.05, 3.63) is 0 Å². The number of unbranched alkanes of at least 4 members (excludes halogenated alkanes) is 7. The summed E-state index contributed by atoms with van der Waals surface area (Å²) in [4.78, 5) is 0. The average Bonchev–Trinajstić information content (AvgIpc) is 2.21. The van der Waals surface area contributed by atoms with Crippen LogP contribution >= 0.6 is 0 Å². The second-order valence-electron chi connectivity index (χ2n) is 4.76. The molecule has 0 saturated carbocycles. The van der Waals surface area contributed by atoms with Gasteiger partial charge in [-0.1, -0.05) is 51.9 Å². The van der Waals surface area contributed by atoms with Gasteiger partial charge in [-0.2, -0.15) is 0 Å². The first-order valence-electron chi connectivity index (χ1n) is 6.77. The Morgan fingerprint density at radius 1 is 1.00 bits per heavy atom. The lowest BCUT2D eigenvalue weighted by Gasteiger charge is -2.05. The first kappa shape index (κ1) is 16.1. The largest absolute Gasteiger partial charge is 0.327 e. The Kier molecular flexibility index (Phi) is 11.7. The van der Waals surface area contributed by atoms with E-state index in [1.807, 2.05) is 6.92 Å². The van der Waals surface area contributed by atoms with Gasteiger partial charge >= 0.3 is 0 Å². The van der Waals surface area contributed by atoms with E-state index in [4.69, 9.17) is 5.73 Å². The Labute approximate surface area is 104 Å². The molecule has 2 N–H and O–H groups in total. The van der Waals surface area contributed by atoms with Crippen LogP contribution in [0, 0.1) is 0 Å². The molecule has 0 heterocycles. The topological polar surface area (TPSA) is 43.1 Å². The summed E-state index contributed by atoms with van der Waals surface area (Å²) < 4.78 is 11.5. The maximum atomic E-state index is 11.5. The summed E-state index contributed by atoms with van der Waals surface area (Å²) in [6.07, 6.45) is 10.4. The molecule has 98 valence electrons. The molecule has 0 aliphatic carbocycles. The lowest BCUT2D eigenvalue weighted by Crippen LogP contribution is -2.24. The van der Waals surface area contributed by atoms with E-state index in [-0.39, 0.29) is 6.04 Å². The van der Waals surface area contributed by atoms with Crippen LogP contribution < -0.4 is 5.73 Å². The quantitative estimate of drug-likeness (QED) is 0.570. The van der Waals surface area contributed by atoms with E-state index < -0.39 is 10.8 Å². The van der Waals surface area contributed by atoms with Gasteiger partial charge in [0.2, 0.25) is 0 Å². The van der Waals surface area contributed by atoms with Crippen molar-refractivity contribution in [2.75, 3.05) is 11.5 Å². The number of hydrogen-bond donors (Lipinski definition) is 1. The maximum Gasteiger partial charge on any atom is 0.0383 e. The van der Waals surface area contributed by atoms with Crippen molar-refractivity contribution in [2.24, 2.45) is 5.73 Å². The molecule has 2 atom stereocenters. The van der Waals surface area contributed by atoms with Gasteiger partial charge in [0, 0.05) is 28.3 Å². The van der Waals surface area contributed by atoms with Crippen molar-refractivity contribution in [3.63, 3.8) is 0 Å². The van der Waals surface area contributed by atoms with E-state index >= 15 is 0 Å². The van der Waals surface area contributed by atoms with Gasteiger partial charge in [-0.25, -0.2) is 0 Å². The summed E-state index contributed by atoms with van der Waals surface area (Å²) in [5, 5.41) is 0. The lowest BCUT2D eigenvalue weighted by molar-refractivity contribution is 0.584. The summed E-state index contributed by atoms with van der Waals surface area (Å²) in [6, 6.07) is 0.0786. The van der Waals surface area contributed by atoms with Gasteiger partial charge in [-0.05, 0) is 13.3 Å². The third-order valence-corrected chi connectivity index (χ3v) is 4.32. The Morgan fingerprint density at radius 2 is 1.50 bits per heavy atom. The van der Waals surface area contributed by atoms with E-state index in [0.29, 0.717) is 5.75 Å². The molecule has 3 heteroatoms. The molecule has 0 amide bonds. The van der Waals surface area contributed by atoms with Gasteiger partial charge in [0.15, 0.2) is 0 Å². The molecule has 2 unspecified atom stereocenters. The summed E-state index contributed by atoms with van der Waals surface area (Å²) in [6.45, 7) is 4.17. The van der Waals surface area contributed by atoms with Crippen LogP contribution in [0.4, 0.5) is 0 Å². The van der Waals surface area contributed by atoms with E-state index in [0.717, 1.165) is 12.2 Å². The molecular weight excluding hydrogens is 218 g/mol. The highest BCUT2D eigenvalue weighted by atomic mass is 32.2. The second-order valence-corrected chi connectivity index (χ2v) is 6.38. The van der Waals surface area contributed by atoms with Gasteiger partial charge in [0.25, 0.3) is 0 Å². The van der Waals surface area contributed by atoms with Crippen molar-refractivity contribution >= 4 is 10.8 Å². The van der Waals surface area contributed by atoms with E-state index in [9.17, 15) is 4.21 Å². The Hall–Kier alpha value is 0.110. The van der Waals surface area contributed by atoms with Crippen LogP contribution in [0.2, 0.25) is 0 Å². The van der Waals surface area contributed by atoms with Crippen LogP contribution in [0.1, 0.15) is 65.2 Å². The van der Waals surface area contributed by atoms with Crippen molar-refractivity contribution in [1.82, 2.24) is 0 Å². The average molecular weight is 247 g/mol. The van der Waals surface area contributed by atoms with Crippen LogP contribution in [0.5, 0.6) is 0 Å². The molecule has 0 aliphatic heterocycles. The zero-order valence-corrected chi connectivity index (χ0v) is 11.9. The number of nitrogens with two attached hydrogens (primary N) is 1. The van der Waals surface area contributed by atoms with Gasteiger partial charge in [0.1, 0.15) is 0 Å². The molecule has 0 bridgehead atoms. The fraction of sp³-hybridized carbons (Fsp3) is 1.00. The monoisotopic (exact) mass is 247 g/mol. The normalized spacial score (nSPS) is 14.9. The Bertz CT molecular complexity index is 171. The Balaban J connectivity index is 3.11. The third kappa shape index (κ3) is 12.2. The second kappa shape index (κ2) is 11.6. The van der Waals surface area contributed by atoms with Crippen LogP contribution in [0.15, 0.2) is 0 Å². The molecule has 0 saturated heterocycles. The molecule has 0 fully saturated rings. The molecule has 2 nitrogen and oxygen atoms in total. The molecule has 0 aliphatic rings. The minimum absolute atomic E-state index is 0.0786. The molecule has 0 aromatic rings. The third-order valence-electron chi connectivity index (χ3n) is 2.67. The minimum atomic E-state index is -0.685. The van der Waals surface area contributed by atoms with E-state index in [2.05, 4.69) is 6.92 Å². The van der Waals surface area contributed by atoms with Gasteiger partial charge in [0.05, 0.1) is 0 Å². The molecular formula is C13H29NOS. The van der Waals surface area contributed by atoms with E-state index in [1.54, 1.807) is 0 Å². The molecule has 0 aromatic carbocycles.